The molecule has 3 aromatic rings. The van der Waals surface area contributed by atoms with Crippen LogP contribution in [0.3, 0.4) is 0 Å². The largest absolute Gasteiger partial charge is 0.368 e. The lowest BCUT2D eigenvalue weighted by Crippen LogP contribution is -2.28. The number of carbonyl (C=O) groups excluding carboxylic acids is 1. The highest BCUT2D eigenvalue weighted by atomic mass is 32.1. The first-order valence-electron chi connectivity index (χ1n) is 7.96. The molecule has 8 heteroatoms. The van der Waals surface area contributed by atoms with E-state index in [2.05, 4.69) is 25.7 Å². The summed E-state index contributed by atoms with van der Waals surface area (Å²) in [5.74, 6) is 1.35. The van der Waals surface area contributed by atoms with Crippen molar-refractivity contribution in [1.82, 2.24) is 25.1 Å². The maximum absolute atomic E-state index is 12.0. The first kappa shape index (κ1) is 17.1. The Labute approximate surface area is 150 Å². The molecule has 0 spiro atoms. The lowest BCUT2D eigenvalue weighted by atomic mass is 10.3. The fourth-order valence-electron chi connectivity index (χ4n) is 2.42. The minimum atomic E-state index is -0.0501. The third kappa shape index (κ3) is 4.21. The highest BCUT2D eigenvalue weighted by Gasteiger charge is 2.08. The van der Waals surface area contributed by atoms with Gasteiger partial charge in [0.25, 0.3) is 5.91 Å². The molecule has 0 saturated heterocycles. The molecular weight excluding hydrogens is 336 g/mol. The zero-order chi connectivity index (χ0) is 17.8. The van der Waals surface area contributed by atoms with Gasteiger partial charge in [-0.25, -0.2) is 14.6 Å². The number of carbonyl (C=O) groups is 1. The van der Waals surface area contributed by atoms with Crippen molar-refractivity contribution in [3.8, 4) is 5.82 Å². The Morgan fingerprint density at radius 1 is 1.16 bits per heavy atom. The third-order valence-corrected chi connectivity index (χ3v) is 4.60. The molecule has 1 amide bonds. The summed E-state index contributed by atoms with van der Waals surface area (Å²) in [6.07, 6.45) is 1.50. The lowest BCUT2D eigenvalue weighted by Gasteiger charge is -2.08. The molecule has 0 unspecified atom stereocenters. The summed E-state index contributed by atoms with van der Waals surface area (Å²) in [6, 6.07) is 5.72. The summed E-state index contributed by atoms with van der Waals surface area (Å²) < 4.78 is 1.78. The summed E-state index contributed by atoms with van der Waals surface area (Å²) in [6.45, 7) is 6.99. The van der Waals surface area contributed by atoms with Gasteiger partial charge in [-0.3, -0.25) is 4.79 Å². The standard InChI is InChI=1S/C17H20N6OS/c1-11-6-14(25-9-11)17(24)19-5-4-18-15-8-16(21-10-20-15)23-13(3)7-12(2)22-23/h6-10H,4-5H2,1-3H3,(H,19,24)(H,18,20,21). The number of aromatic nitrogens is 4. The maximum atomic E-state index is 12.0. The number of thiophene rings is 1. The topological polar surface area (TPSA) is 84.7 Å². The molecule has 0 saturated carbocycles. The van der Waals surface area contributed by atoms with E-state index in [0.717, 1.165) is 21.8 Å². The van der Waals surface area contributed by atoms with Crippen LogP contribution in [-0.2, 0) is 0 Å². The molecule has 3 aromatic heterocycles. The van der Waals surface area contributed by atoms with Crippen LogP contribution in [0.15, 0.2) is 29.9 Å². The van der Waals surface area contributed by atoms with E-state index in [1.807, 2.05) is 44.4 Å². The predicted molar refractivity (Wildman–Crippen MR) is 98.5 cm³/mol. The van der Waals surface area contributed by atoms with Crippen molar-refractivity contribution < 1.29 is 4.79 Å². The molecule has 3 heterocycles. The average molecular weight is 356 g/mol. The molecule has 2 N–H and O–H groups in total. The normalized spacial score (nSPS) is 10.7. The number of nitrogens with one attached hydrogen (secondary N) is 2. The van der Waals surface area contributed by atoms with Gasteiger partial charge in [0, 0.05) is 24.8 Å². The van der Waals surface area contributed by atoms with Crippen LogP contribution in [0, 0.1) is 20.8 Å². The van der Waals surface area contributed by atoms with Crippen LogP contribution in [0.25, 0.3) is 5.82 Å². The Morgan fingerprint density at radius 3 is 2.68 bits per heavy atom. The third-order valence-electron chi connectivity index (χ3n) is 3.55. The van der Waals surface area contributed by atoms with Gasteiger partial charge >= 0.3 is 0 Å². The van der Waals surface area contributed by atoms with Crippen molar-refractivity contribution >= 4 is 23.1 Å². The first-order chi connectivity index (χ1) is 12.0. The van der Waals surface area contributed by atoms with Crippen molar-refractivity contribution in [2.24, 2.45) is 0 Å². The van der Waals surface area contributed by atoms with Crippen molar-refractivity contribution in [1.29, 1.82) is 0 Å². The van der Waals surface area contributed by atoms with E-state index >= 15 is 0 Å². The number of aryl methyl sites for hydroxylation is 3. The highest BCUT2D eigenvalue weighted by molar-refractivity contribution is 7.12. The van der Waals surface area contributed by atoms with E-state index in [4.69, 9.17) is 0 Å². The quantitative estimate of drug-likeness (QED) is 0.663. The van der Waals surface area contributed by atoms with E-state index < -0.39 is 0 Å². The van der Waals surface area contributed by atoms with Crippen LogP contribution in [0.5, 0.6) is 0 Å². The molecule has 3 rings (SSSR count). The second kappa shape index (κ2) is 7.43. The Bertz CT molecular complexity index is 885. The molecule has 0 aliphatic carbocycles. The number of rotatable bonds is 6. The Morgan fingerprint density at radius 2 is 2.00 bits per heavy atom. The molecule has 0 aromatic carbocycles. The summed E-state index contributed by atoms with van der Waals surface area (Å²) in [4.78, 5) is 21.2. The smallest absolute Gasteiger partial charge is 0.261 e. The van der Waals surface area contributed by atoms with Crippen molar-refractivity contribution in [3.63, 3.8) is 0 Å². The predicted octanol–water partition coefficient (Wildman–Crippen LogP) is 2.49. The van der Waals surface area contributed by atoms with Crippen LogP contribution < -0.4 is 10.6 Å². The monoisotopic (exact) mass is 356 g/mol. The molecule has 25 heavy (non-hydrogen) atoms. The second-order valence-electron chi connectivity index (χ2n) is 5.77. The number of amides is 1. The van der Waals surface area contributed by atoms with Gasteiger partial charge < -0.3 is 10.6 Å². The zero-order valence-corrected chi connectivity index (χ0v) is 15.2. The van der Waals surface area contributed by atoms with E-state index in [0.29, 0.717) is 24.7 Å². The number of hydrogen-bond acceptors (Lipinski definition) is 6. The lowest BCUT2D eigenvalue weighted by molar-refractivity contribution is 0.0959. The molecule has 7 nitrogen and oxygen atoms in total. The molecule has 0 aliphatic rings. The molecule has 0 atom stereocenters. The molecule has 0 aliphatic heterocycles. The zero-order valence-electron chi connectivity index (χ0n) is 14.4. The SMILES string of the molecule is Cc1csc(C(=O)NCCNc2cc(-n3nc(C)cc3C)ncn2)c1. The average Bonchev–Trinajstić information content (AvgIpc) is 3.17. The minimum absolute atomic E-state index is 0.0501. The Balaban J connectivity index is 1.54. The molecular formula is C17H20N6OS. The summed E-state index contributed by atoms with van der Waals surface area (Å²) in [7, 11) is 0. The number of hydrogen-bond donors (Lipinski definition) is 2. The van der Waals surface area contributed by atoms with Gasteiger partial charge in [0.15, 0.2) is 5.82 Å². The summed E-state index contributed by atoms with van der Waals surface area (Å²) >= 11 is 1.45. The van der Waals surface area contributed by atoms with Crippen LogP contribution in [0.2, 0.25) is 0 Å². The molecule has 0 fully saturated rings. The second-order valence-corrected chi connectivity index (χ2v) is 6.68. The van der Waals surface area contributed by atoms with Crippen molar-refractivity contribution in [2.75, 3.05) is 18.4 Å². The first-order valence-corrected chi connectivity index (χ1v) is 8.84. The minimum Gasteiger partial charge on any atom is -0.368 e. The van der Waals surface area contributed by atoms with Gasteiger partial charge in [0.2, 0.25) is 0 Å². The highest BCUT2D eigenvalue weighted by Crippen LogP contribution is 2.13. The van der Waals surface area contributed by atoms with Crippen LogP contribution in [0.1, 0.15) is 26.6 Å². The Kier molecular flexibility index (Phi) is 5.08. The van der Waals surface area contributed by atoms with Crippen LogP contribution in [-0.4, -0.2) is 38.7 Å². The van der Waals surface area contributed by atoms with Crippen molar-refractivity contribution in [3.05, 3.63) is 51.7 Å². The number of nitrogens with zero attached hydrogens (tertiary/aromatic N) is 4. The fourth-order valence-corrected chi connectivity index (χ4v) is 3.24. The van der Waals surface area contributed by atoms with Gasteiger partial charge in [-0.05, 0) is 43.8 Å². The van der Waals surface area contributed by atoms with Crippen molar-refractivity contribution in [2.45, 2.75) is 20.8 Å². The van der Waals surface area contributed by atoms with Gasteiger partial charge in [0.05, 0.1) is 10.6 Å². The van der Waals surface area contributed by atoms with Crippen LogP contribution in [0.4, 0.5) is 5.82 Å². The van der Waals surface area contributed by atoms with Gasteiger partial charge in [-0.2, -0.15) is 5.10 Å². The van der Waals surface area contributed by atoms with Gasteiger partial charge in [-0.15, -0.1) is 11.3 Å². The summed E-state index contributed by atoms with van der Waals surface area (Å²) in [5.41, 5.74) is 3.06. The fraction of sp³-hybridized carbons (Fsp3) is 0.294. The summed E-state index contributed by atoms with van der Waals surface area (Å²) in [5, 5.41) is 12.5. The van der Waals surface area contributed by atoms with E-state index in [9.17, 15) is 4.79 Å². The maximum Gasteiger partial charge on any atom is 0.261 e. The molecule has 0 bridgehead atoms. The molecule has 0 radical (unpaired) electrons. The van der Waals surface area contributed by atoms with E-state index in [1.54, 1.807) is 4.68 Å². The Hall–Kier alpha value is -2.74. The van der Waals surface area contributed by atoms with Gasteiger partial charge in [0.1, 0.15) is 12.1 Å². The molecule has 130 valence electrons. The number of anilines is 1. The van der Waals surface area contributed by atoms with Crippen LogP contribution >= 0.6 is 11.3 Å². The van der Waals surface area contributed by atoms with E-state index in [-0.39, 0.29) is 5.91 Å². The van der Waals surface area contributed by atoms with E-state index in [1.165, 1.54) is 17.7 Å². The van der Waals surface area contributed by atoms with Gasteiger partial charge in [-0.1, -0.05) is 0 Å².